The van der Waals surface area contributed by atoms with Gasteiger partial charge in [-0.05, 0) is 25.9 Å². The van der Waals surface area contributed by atoms with E-state index in [4.69, 9.17) is 0 Å². The van der Waals surface area contributed by atoms with Crippen LogP contribution in [-0.2, 0) is 5.92 Å². The normalized spacial score (nSPS) is 18.6. The molecule has 2 rings (SSSR count). The zero-order valence-electron chi connectivity index (χ0n) is 9.33. The number of hydrogen-bond donors (Lipinski definition) is 0. The average molecular weight is 225 g/mol. The second-order valence-electron chi connectivity index (χ2n) is 4.41. The van der Waals surface area contributed by atoms with Crippen molar-refractivity contribution < 1.29 is 8.78 Å². The van der Waals surface area contributed by atoms with Gasteiger partial charge in [0.25, 0.3) is 5.92 Å². The number of nitrogens with zero attached hydrogens (tertiary/aromatic N) is 1. The van der Waals surface area contributed by atoms with Crippen LogP contribution in [0.25, 0.3) is 0 Å². The second kappa shape index (κ2) is 4.91. The van der Waals surface area contributed by atoms with Crippen LogP contribution in [0, 0.1) is 0 Å². The van der Waals surface area contributed by atoms with Crippen LogP contribution in [0.3, 0.4) is 0 Å². The van der Waals surface area contributed by atoms with E-state index >= 15 is 0 Å². The summed E-state index contributed by atoms with van der Waals surface area (Å²) in [5.74, 6) is -2.72. The van der Waals surface area contributed by atoms with E-state index in [9.17, 15) is 8.78 Å². The third-order valence-electron chi connectivity index (χ3n) is 3.07. The van der Waals surface area contributed by atoms with Crippen LogP contribution in [0.1, 0.15) is 24.8 Å². The molecule has 0 N–H and O–H groups in total. The largest absolute Gasteiger partial charge is 0.297 e. The predicted molar refractivity (Wildman–Crippen MR) is 60.6 cm³/mol. The van der Waals surface area contributed by atoms with Gasteiger partial charge in [-0.3, -0.25) is 4.90 Å². The zero-order chi connectivity index (χ0) is 11.4. The molecule has 1 aromatic carbocycles. The van der Waals surface area contributed by atoms with Gasteiger partial charge in [0.05, 0.1) is 6.54 Å². The lowest BCUT2D eigenvalue weighted by Gasteiger charge is -2.30. The monoisotopic (exact) mass is 225 g/mol. The Morgan fingerprint density at radius 3 is 2.25 bits per heavy atom. The number of halogens is 2. The van der Waals surface area contributed by atoms with Crippen LogP contribution >= 0.6 is 0 Å². The molecule has 1 nitrogen and oxygen atoms in total. The molecule has 16 heavy (non-hydrogen) atoms. The summed E-state index contributed by atoms with van der Waals surface area (Å²) < 4.78 is 27.8. The van der Waals surface area contributed by atoms with Gasteiger partial charge in [0, 0.05) is 5.56 Å². The van der Waals surface area contributed by atoms with Crippen LogP contribution in [0.4, 0.5) is 8.78 Å². The highest BCUT2D eigenvalue weighted by molar-refractivity contribution is 5.20. The van der Waals surface area contributed by atoms with Crippen molar-refractivity contribution in [2.45, 2.75) is 25.2 Å². The van der Waals surface area contributed by atoms with E-state index < -0.39 is 5.92 Å². The summed E-state index contributed by atoms with van der Waals surface area (Å²) in [6.07, 6.45) is 3.27. The highest BCUT2D eigenvalue weighted by Crippen LogP contribution is 2.29. The van der Waals surface area contributed by atoms with Gasteiger partial charge in [-0.25, -0.2) is 0 Å². The molecule has 0 unspecified atom stereocenters. The van der Waals surface area contributed by atoms with Crippen molar-refractivity contribution >= 4 is 0 Å². The number of hydrogen-bond acceptors (Lipinski definition) is 1. The third-order valence-corrected chi connectivity index (χ3v) is 3.07. The first-order valence-electron chi connectivity index (χ1n) is 5.84. The van der Waals surface area contributed by atoms with E-state index in [-0.39, 0.29) is 12.1 Å². The first-order chi connectivity index (χ1) is 7.68. The maximum atomic E-state index is 13.9. The molecule has 1 aliphatic rings. The topological polar surface area (TPSA) is 3.24 Å². The number of likely N-dealkylation sites (tertiary alicyclic amines) is 1. The molecule has 88 valence electrons. The Hall–Kier alpha value is -0.960. The minimum absolute atomic E-state index is 0.126. The number of alkyl halides is 2. The molecule has 0 atom stereocenters. The Bertz CT molecular complexity index is 318. The standard InChI is InChI=1S/C13H17F2N/c14-13(15,12-7-3-1-4-8-12)11-16-9-5-2-6-10-16/h1,3-4,7-8H,2,5-6,9-11H2. The number of rotatable bonds is 3. The molecule has 0 bridgehead atoms. The molecule has 1 aromatic rings. The average Bonchev–Trinajstić information content (AvgIpc) is 2.31. The van der Waals surface area contributed by atoms with E-state index in [1.807, 2.05) is 4.90 Å². The smallest absolute Gasteiger partial charge is 0.285 e. The fourth-order valence-corrected chi connectivity index (χ4v) is 2.17. The third kappa shape index (κ3) is 2.79. The Balaban J connectivity index is 2.01. The van der Waals surface area contributed by atoms with Crippen molar-refractivity contribution in [3.63, 3.8) is 0 Å². The number of piperidine rings is 1. The van der Waals surface area contributed by atoms with Gasteiger partial charge >= 0.3 is 0 Å². The highest BCUT2D eigenvalue weighted by Gasteiger charge is 2.33. The molecular formula is C13H17F2N. The van der Waals surface area contributed by atoms with Crippen LogP contribution in [0.15, 0.2) is 30.3 Å². The fourth-order valence-electron chi connectivity index (χ4n) is 2.17. The molecule has 0 saturated carbocycles. The first kappa shape index (κ1) is 11.5. The van der Waals surface area contributed by atoms with E-state index in [0.717, 1.165) is 25.9 Å². The molecule has 0 spiro atoms. The van der Waals surface area contributed by atoms with Gasteiger partial charge in [0.1, 0.15) is 0 Å². The lowest BCUT2D eigenvalue weighted by Crippen LogP contribution is -2.38. The van der Waals surface area contributed by atoms with E-state index in [1.54, 1.807) is 18.2 Å². The van der Waals surface area contributed by atoms with Crippen molar-refractivity contribution in [3.8, 4) is 0 Å². The van der Waals surface area contributed by atoms with Gasteiger partial charge in [-0.2, -0.15) is 8.78 Å². The van der Waals surface area contributed by atoms with Crippen LogP contribution in [0.2, 0.25) is 0 Å². The molecular weight excluding hydrogens is 208 g/mol. The minimum Gasteiger partial charge on any atom is -0.297 e. The zero-order valence-corrected chi connectivity index (χ0v) is 9.33. The summed E-state index contributed by atoms with van der Waals surface area (Å²) in [6.45, 7) is 1.47. The lowest BCUT2D eigenvalue weighted by atomic mass is 10.1. The van der Waals surface area contributed by atoms with Gasteiger partial charge in [-0.1, -0.05) is 36.8 Å². The number of benzene rings is 1. The molecule has 0 aromatic heterocycles. The molecule has 1 aliphatic heterocycles. The second-order valence-corrected chi connectivity index (χ2v) is 4.41. The SMILES string of the molecule is FC(F)(CN1CCCCC1)c1ccccc1. The molecule has 1 fully saturated rings. The van der Waals surface area contributed by atoms with E-state index in [0.29, 0.717) is 0 Å². The molecule has 0 aliphatic carbocycles. The molecule has 0 radical (unpaired) electrons. The molecule has 0 amide bonds. The van der Waals surface area contributed by atoms with Crippen molar-refractivity contribution in [1.82, 2.24) is 4.90 Å². The van der Waals surface area contributed by atoms with Crippen molar-refractivity contribution in [3.05, 3.63) is 35.9 Å². The Kier molecular flexibility index (Phi) is 3.54. The van der Waals surface area contributed by atoms with E-state index in [2.05, 4.69) is 0 Å². The maximum absolute atomic E-state index is 13.9. The van der Waals surface area contributed by atoms with Gasteiger partial charge in [-0.15, -0.1) is 0 Å². The minimum atomic E-state index is -2.72. The predicted octanol–water partition coefficient (Wildman–Crippen LogP) is 3.26. The summed E-state index contributed by atoms with van der Waals surface area (Å²) in [7, 11) is 0. The molecule has 1 saturated heterocycles. The van der Waals surface area contributed by atoms with Crippen LogP contribution in [-0.4, -0.2) is 24.5 Å². The Morgan fingerprint density at radius 1 is 1.00 bits per heavy atom. The summed E-state index contributed by atoms with van der Waals surface area (Å²) in [5, 5.41) is 0. The first-order valence-corrected chi connectivity index (χ1v) is 5.84. The maximum Gasteiger partial charge on any atom is 0.285 e. The van der Waals surface area contributed by atoms with Crippen molar-refractivity contribution in [2.24, 2.45) is 0 Å². The molecule has 1 heterocycles. The van der Waals surface area contributed by atoms with Crippen LogP contribution in [0.5, 0.6) is 0 Å². The highest BCUT2D eigenvalue weighted by atomic mass is 19.3. The summed E-state index contributed by atoms with van der Waals surface area (Å²) in [4.78, 5) is 1.87. The summed E-state index contributed by atoms with van der Waals surface area (Å²) in [6, 6.07) is 8.10. The fraction of sp³-hybridized carbons (Fsp3) is 0.538. The van der Waals surface area contributed by atoms with Gasteiger partial charge in [0.2, 0.25) is 0 Å². The lowest BCUT2D eigenvalue weighted by molar-refractivity contribution is -0.0415. The Morgan fingerprint density at radius 2 is 1.62 bits per heavy atom. The van der Waals surface area contributed by atoms with Gasteiger partial charge in [0.15, 0.2) is 0 Å². The van der Waals surface area contributed by atoms with Crippen molar-refractivity contribution in [2.75, 3.05) is 19.6 Å². The van der Waals surface area contributed by atoms with E-state index in [1.165, 1.54) is 18.6 Å². The quantitative estimate of drug-likeness (QED) is 0.763. The molecule has 3 heteroatoms. The van der Waals surface area contributed by atoms with Crippen LogP contribution < -0.4 is 0 Å². The van der Waals surface area contributed by atoms with Crippen molar-refractivity contribution in [1.29, 1.82) is 0 Å². The summed E-state index contributed by atoms with van der Waals surface area (Å²) >= 11 is 0. The van der Waals surface area contributed by atoms with Gasteiger partial charge < -0.3 is 0 Å². The summed E-state index contributed by atoms with van der Waals surface area (Å²) in [5.41, 5.74) is 0.126. The Labute approximate surface area is 95.1 Å².